The number of nitrogens with one attached hydrogen (secondary N) is 1. The van der Waals surface area contributed by atoms with Crippen LogP contribution in [0, 0.1) is 5.92 Å². The van der Waals surface area contributed by atoms with Crippen molar-refractivity contribution >= 4 is 29.1 Å². The van der Waals surface area contributed by atoms with E-state index in [1.165, 1.54) is 11.3 Å². The fraction of sp³-hybridized carbons (Fsp3) is 0.611. The van der Waals surface area contributed by atoms with Crippen molar-refractivity contribution < 1.29 is 19.5 Å². The van der Waals surface area contributed by atoms with Crippen molar-refractivity contribution in [3.8, 4) is 0 Å². The molecular weight excluding hydrogens is 340 g/mol. The fourth-order valence-electron chi connectivity index (χ4n) is 4.11. The van der Waals surface area contributed by atoms with Crippen LogP contribution >= 0.6 is 11.3 Å². The summed E-state index contributed by atoms with van der Waals surface area (Å²) in [6.45, 7) is 0.417. The molecule has 3 atom stereocenters. The predicted molar refractivity (Wildman–Crippen MR) is 94.5 cm³/mol. The Hall–Kier alpha value is -1.89. The number of rotatable bonds is 6. The highest BCUT2D eigenvalue weighted by atomic mass is 32.1. The number of hydrogen-bond donors (Lipinski definition) is 2. The number of nitrogens with zero attached hydrogens (tertiary/aromatic N) is 1. The van der Waals surface area contributed by atoms with Crippen LogP contribution in [0.3, 0.4) is 0 Å². The summed E-state index contributed by atoms with van der Waals surface area (Å²) in [6.07, 6.45) is 5.51. The van der Waals surface area contributed by atoms with Crippen molar-refractivity contribution in [2.24, 2.45) is 5.92 Å². The topological polar surface area (TPSA) is 86.7 Å². The fourth-order valence-corrected chi connectivity index (χ4v) is 4.74. The number of carbonyl (C=O) groups excluding carboxylic acids is 2. The zero-order chi connectivity index (χ0) is 17.8. The summed E-state index contributed by atoms with van der Waals surface area (Å²) < 4.78 is 0. The number of amides is 2. The summed E-state index contributed by atoms with van der Waals surface area (Å²) in [6, 6.07) is 1.17. The van der Waals surface area contributed by atoms with Crippen LogP contribution in [-0.4, -0.2) is 46.4 Å². The van der Waals surface area contributed by atoms with E-state index in [1.807, 2.05) is 5.38 Å². The molecule has 25 heavy (non-hydrogen) atoms. The van der Waals surface area contributed by atoms with Crippen molar-refractivity contribution in [1.82, 2.24) is 10.2 Å². The molecule has 1 saturated heterocycles. The monoisotopic (exact) mass is 364 g/mol. The summed E-state index contributed by atoms with van der Waals surface area (Å²) >= 11 is 1.47. The molecule has 0 radical (unpaired) electrons. The summed E-state index contributed by atoms with van der Waals surface area (Å²) in [4.78, 5) is 37.7. The van der Waals surface area contributed by atoms with E-state index in [-0.39, 0.29) is 24.3 Å². The Morgan fingerprint density at radius 3 is 2.80 bits per heavy atom. The van der Waals surface area contributed by atoms with Crippen LogP contribution in [0.1, 0.15) is 55.3 Å². The van der Waals surface area contributed by atoms with E-state index in [1.54, 1.807) is 16.3 Å². The Balaban J connectivity index is 1.50. The van der Waals surface area contributed by atoms with Gasteiger partial charge in [-0.15, -0.1) is 0 Å². The van der Waals surface area contributed by atoms with E-state index < -0.39 is 12.0 Å². The molecule has 2 fully saturated rings. The molecule has 1 aromatic rings. The largest absolute Gasteiger partial charge is 0.480 e. The lowest BCUT2D eigenvalue weighted by molar-refractivity contribution is -0.149. The molecule has 7 heteroatoms. The Morgan fingerprint density at radius 1 is 1.28 bits per heavy atom. The van der Waals surface area contributed by atoms with Gasteiger partial charge < -0.3 is 15.3 Å². The maximum absolute atomic E-state index is 12.6. The van der Waals surface area contributed by atoms with Gasteiger partial charge in [-0.3, -0.25) is 9.59 Å². The van der Waals surface area contributed by atoms with Crippen LogP contribution in [0.4, 0.5) is 0 Å². The van der Waals surface area contributed by atoms with Crippen LogP contribution in [0.25, 0.3) is 0 Å². The molecule has 1 saturated carbocycles. The molecule has 0 spiro atoms. The number of aliphatic carboxylic acids is 1. The number of fused-ring (bicyclic) bond motifs is 1. The van der Waals surface area contributed by atoms with Crippen LogP contribution < -0.4 is 5.32 Å². The average molecular weight is 364 g/mol. The third-order valence-corrected chi connectivity index (χ3v) is 5.98. The van der Waals surface area contributed by atoms with Gasteiger partial charge in [0.05, 0.1) is 0 Å². The standard InChI is InChI=1S/C18H24N2O4S/c21-16(6-3-8-19-17(22)13-7-9-25-11-13)20-14-5-2-1-4-12(14)10-15(20)18(23)24/h7,9,11-12,14-15H,1-6,8,10H2,(H,19,22)(H,23,24). The molecule has 2 N–H and O–H groups in total. The van der Waals surface area contributed by atoms with Crippen molar-refractivity contribution in [3.63, 3.8) is 0 Å². The third kappa shape index (κ3) is 4.03. The van der Waals surface area contributed by atoms with Gasteiger partial charge in [-0.1, -0.05) is 12.8 Å². The summed E-state index contributed by atoms with van der Waals surface area (Å²) in [5.74, 6) is -0.789. The number of carboxylic acid groups (broad SMARTS) is 1. The maximum Gasteiger partial charge on any atom is 0.326 e. The highest BCUT2D eigenvalue weighted by Crippen LogP contribution is 2.40. The van der Waals surface area contributed by atoms with Crippen molar-refractivity contribution in [1.29, 1.82) is 0 Å². The smallest absolute Gasteiger partial charge is 0.326 e. The first-order valence-corrected chi connectivity index (χ1v) is 9.86. The number of thiophene rings is 1. The number of likely N-dealkylation sites (tertiary alicyclic amines) is 1. The van der Waals surface area contributed by atoms with Crippen molar-refractivity contribution in [3.05, 3.63) is 22.4 Å². The quantitative estimate of drug-likeness (QED) is 0.760. The van der Waals surface area contributed by atoms with Crippen LogP contribution in [0.15, 0.2) is 16.8 Å². The van der Waals surface area contributed by atoms with Gasteiger partial charge in [-0.05, 0) is 43.0 Å². The van der Waals surface area contributed by atoms with Gasteiger partial charge in [0.25, 0.3) is 5.91 Å². The minimum absolute atomic E-state index is 0.0859. The van der Waals surface area contributed by atoms with E-state index in [4.69, 9.17) is 0 Å². The lowest BCUT2D eigenvalue weighted by Gasteiger charge is -2.33. The van der Waals surface area contributed by atoms with Crippen molar-refractivity contribution in [2.75, 3.05) is 6.54 Å². The number of carboxylic acids is 1. The molecule has 136 valence electrons. The van der Waals surface area contributed by atoms with Gasteiger partial charge in [0, 0.05) is 30.0 Å². The molecule has 1 aromatic heterocycles. The molecule has 1 aliphatic heterocycles. The third-order valence-electron chi connectivity index (χ3n) is 5.30. The minimum Gasteiger partial charge on any atom is -0.480 e. The molecular formula is C18H24N2O4S. The van der Waals surface area contributed by atoms with E-state index in [9.17, 15) is 19.5 Å². The van der Waals surface area contributed by atoms with Gasteiger partial charge >= 0.3 is 5.97 Å². The SMILES string of the molecule is O=C(NCCCC(=O)N1C(C(=O)O)CC2CCCCC21)c1ccsc1. The Kier molecular flexibility index (Phi) is 5.73. The maximum atomic E-state index is 12.6. The molecule has 2 aliphatic rings. The van der Waals surface area contributed by atoms with E-state index in [2.05, 4.69) is 5.32 Å². The van der Waals surface area contributed by atoms with Crippen LogP contribution in [-0.2, 0) is 9.59 Å². The summed E-state index contributed by atoms with van der Waals surface area (Å²) in [7, 11) is 0. The van der Waals surface area contributed by atoms with E-state index in [0.717, 1.165) is 25.7 Å². The Morgan fingerprint density at radius 2 is 2.08 bits per heavy atom. The molecule has 2 heterocycles. The first-order chi connectivity index (χ1) is 12.1. The minimum atomic E-state index is -0.895. The zero-order valence-corrected chi connectivity index (χ0v) is 15.0. The predicted octanol–water partition coefficient (Wildman–Crippen LogP) is 2.50. The van der Waals surface area contributed by atoms with Gasteiger partial charge in [0.1, 0.15) is 6.04 Å². The van der Waals surface area contributed by atoms with Gasteiger partial charge in [-0.2, -0.15) is 11.3 Å². The van der Waals surface area contributed by atoms with Gasteiger partial charge in [-0.25, -0.2) is 4.79 Å². The normalized spacial score (nSPS) is 25.4. The highest BCUT2D eigenvalue weighted by molar-refractivity contribution is 7.08. The second-order valence-corrected chi connectivity index (χ2v) is 7.65. The van der Waals surface area contributed by atoms with E-state index in [0.29, 0.717) is 30.9 Å². The Labute approximate surface area is 151 Å². The summed E-state index contributed by atoms with van der Waals surface area (Å²) in [5, 5.41) is 15.9. The second kappa shape index (κ2) is 7.99. The lowest BCUT2D eigenvalue weighted by Crippen LogP contribution is -2.46. The number of hydrogen-bond acceptors (Lipinski definition) is 4. The molecule has 3 rings (SSSR count). The first kappa shape index (κ1) is 17.9. The average Bonchev–Trinajstić information content (AvgIpc) is 3.25. The van der Waals surface area contributed by atoms with Crippen LogP contribution in [0.5, 0.6) is 0 Å². The molecule has 1 aliphatic carbocycles. The molecule has 3 unspecified atom stereocenters. The second-order valence-electron chi connectivity index (χ2n) is 6.87. The van der Waals surface area contributed by atoms with Crippen LogP contribution in [0.2, 0.25) is 0 Å². The highest BCUT2D eigenvalue weighted by Gasteiger charge is 2.47. The lowest BCUT2D eigenvalue weighted by atomic mass is 9.84. The molecule has 2 amide bonds. The first-order valence-electron chi connectivity index (χ1n) is 8.92. The van der Waals surface area contributed by atoms with Gasteiger partial charge in [0.2, 0.25) is 5.91 Å². The molecule has 0 bridgehead atoms. The Bertz CT molecular complexity index is 631. The van der Waals surface area contributed by atoms with E-state index >= 15 is 0 Å². The summed E-state index contributed by atoms with van der Waals surface area (Å²) in [5.41, 5.74) is 0.631. The van der Waals surface area contributed by atoms with Crippen molar-refractivity contribution in [2.45, 2.75) is 57.0 Å². The van der Waals surface area contributed by atoms with Gasteiger partial charge in [0.15, 0.2) is 0 Å². The zero-order valence-electron chi connectivity index (χ0n) is 14.1. The molecule has 0 aromatic carbocycles. The number of carbonyl (C=O) groups is 3. The molecule has 6 nitrogen and oxygen atoms in total.